The van der Waals surface area contributed by atoms with Crippen molar-refractivity contribution in [1.29, 1.82) is 0 Å². The molecule has 2 heteroatoms. The van der Waals surface area contributed by atoms with Crippen molar-refractivity contribution in [2.75, 3.05) is 0 Å². The summed E-state index contributed by atoms with van der Waals surface area (Å²) in [7, 11) is 0. The minimum Gasteiger partial charge on any atom is -0.365 e. The maximum atomic E-state index is 4.52. The van der Waals surface area contributed by atoms with E-state index in [1.807, 2.05) is 0 Å². The minimum atomic E-state index is 0.565. The Balaban J connectivity index is 1.64. The summed E-state index contributed by atoms with van der Waals surface area (Å²) in [5.74, 6) is 0. The van der Waals surface area contributed by atoms with E-state index in [1.165, 1.54) is 64.2 Å². The molecule has 2 rings (SSSR count). The van der Waals surface area contributed by atoms with Gasteiger partial charge in [-0.3, -0.25) is 4.99 Å². The third kappa shape index (κ3) is 3.84. The molecule has 0 heterocycles. The van der Waals surface area contributed by atoms with Crippen LogP contribution in [-0.2, 0) is 0 Å². The quantitative estimate of drug-likeness (QED) is 0.429. The van der Waals surface area contributed by atoms with Gasteiger partial charge in [0.1, 0.15) is 0 Å². The molecular weight excluding hydrogens is 184 g/mol. The third-order valence-electron chi connectivity index (χ3n) is 3.70. The molecule has 0 atom stereocenters. The number of rotatable bonds is 3. The number of nitrogens with one attached hydrogen (secondary N) is 1. The van der Waals surface area contributed by atoms with Crippen molar-refractivity contribution >= 4 is 6.34 Å². The SMILES string of the molecule is [C](=N\C1CCCCC1)/NC1CCCCC1. The Morgan fingerprint density at radius 1 is 0.800 bits per heavy atom. The van der Waals surface area contributed by atoms with E-state index in [0.29, 0.717) is 12.1 Å². The minimum absolute atomic E-state index is 0.565. The van der Waals surface area contributed by atoms with Gasteiger partial charge in [-0.05, 0) is 25.7 Å². The zero-order valence-corrected chi connectivity index (χ0v) is 9.67. The fourth-order valence-electron chi connectivity index (χ4n) is 2.68. The summed E-state index contributed by atoms with van der Waals surface area (Å²) in [6, 6.07) is 1.22. The van der Waals surface area contributed by atoms with Crippen molar-refractivity contribution in [3.05, 3.63) is 0 Å². The molecule has 85 valence electrons. The normalized spacial score (nSPS) is 25.9. The lowest BCUT2D eigenvalue weighted by Crippen LogP contribution is -2.30. The highest BCUT2D eigenvalue weighted by molar-refractivity contribution is 5.55. The predicted octanol–water partition coefficient (Wildman–Crippen LogP) is 3.15. The Bertz CT molecular complexity index is 189. The zero-order chi connectivity index (χ0) is 10.3. The fraction of sp³-hybridized carbons (Fsp3) is 0.923. The lowest BCUT2D eigenvalue weighted by atomic mass is 9.95. The summed E-state index contributed by atoms with van der Waals surface area (Å²) in [4.78, 5) is 4.52. The van der Waals surface area contributed by atoms with Crippen LogP contribution in [0.1, 0.15) is 64.2 Å². The first-order chi connectivity index (χ1) is 7.45. The highest BCUT2D eigenvalue weighted by atomic mass is 15.0. The van der Waals surface area contributed by atoms with Crippen LogP contribution < -0.4 is 5.32 Å². The highest BCUT2D eigenvalue weighted by Gasteiger charge is 2.13. The van der Waals surface area contributed by atoms with E-state index in [2.05, 4.69) is 16.6 Å². The zero-order valence-electron chi connectivity index (χ0n) is 9.67. The van der Waals surface area contributed by atoms with E-state index in [-0.39, 0.29) is 0 Å². The van der Waals surface area contributed by atoms with Crippen molar-refractivity contribution in [3.8, 4) is 0 Å². The lowest BCUT2D eigenvalue weighted by Gasteiger charge is -2.22. The molecule has 0 bridgehead atoms. The van der Waals surface area contributed by atoms with E-state index in [9.17, 15) is 0 Å². The van der Waals surface area contributed by atoms with Gasteiger partial charge in [-0.25, -0.2) is 0 Å². The molecule has 0 aromatic rings. The van der Waals surface area contributed by atoms with Gasteiger partial charge in [0.25, 0.3) is 0 Å². The summed E-state index contributed by atoms with van der Waals surface area (Å²) in [5.41, 5.74) is 0. The Morgan fingerprint density at radius 2 is 1.40 bits per heavy atom. The van der Waals surface area contributed by atoms with Crippen LogP contribution in [0.5, 0.6) is 0 Å². The molecule has 0 saturated heterocycles. The fourth-order valence-corrected chi connectivity index (χ4v) is 2.68. The van der Waals surface area contributed by atoms with E-state index >= 15 is 0 Å². The van der Waals surface area contributed by atoms with Crippen molar-refractivity contribution in [2.45, 2.75) is 76.3 Å². The van der Waals surface area contributed by atoms with Gasteiger partial charge in [-0.15, -0.1) is 0 Å². The molecule has 0 amide bonds. The molecule has 1 radical (unpaired) electrons. The van der Waals surface area contributed by atoms with Gasteiger partial charge < -0.3 is 5.32 Å². The number of hydrogen-bond donors (Lipinski definition) is 1. The molecule has 15 heavy (non-hydrogen) atoms. The first-order valence-corrected chi connectivity index (χ1v) is 6.65. The van der Waals surface area contributed by atoms with Crippen molar-refractivity contribution in [1.82, 2.24) is 5.32 Å². The summed E-state index contributed by atoms with van der Waals surface area (Å²) in [6.45, 7) is 0. The summed E-state index contributed by atoms with van der Waals surface area (Å²) >= 11 is 0. The molecule has 0 aromatic carbocycles. The topological polar surface area (TPSA) is 24.4 Å². The van der Waals surface area contributed by atoms with Crippen molar-refractivity contribution in [3.63, 3.8) is 0 Å². The molecule has 2 aliphatic carbocycles. The summed E-state index contributed by atoms with van der Waals surface area (Å²) < 4.78 is 0. The molecule has 1 N–H and O–H groups in total. The lowest BCUT2D eigenvalue weighted by molar-refractivity contribution is 0.412. The average molecular weight is 207 g/mol. The Hall–Kier alpha value is -0.530. The summed E-state index contributed by atoms with van der Waals surface area (Å²) in [5, 5.41) is 3.35. The van der Waals surface area contributed by atoms with Gasteiger partial charge in [0.2, 0.25) is 0 Å². The van der Waals surface area contributed by atoms with Crippen LogP contribution in [0, 0.1) is 0 Å². The van der Waals surface area contributed by atoms with Crippen LogP contribution in [-0.4, -0.2) is 18.4 Å². The van der Waals surface area contributed by atoms with Crippen LogP contribution >= 0.6 is 0 Å². The predicted molar refractivity (Wildman–Crippen MR) is 64.3 cm³/mol. The molecule has 2 nitrogen and oxygen atoms in total. The first-order valence-electron chi connectivity index (χ1n) is 6.65. The van der Waals surface area contributed by atoms with Gasteiger partial charge in [0.15, 0.2) is 6.34 Å². The van der Waals surface area contributed by atoms with E-state index in [1.54, 1.807) is 0 Å². The molecule has 2 fully saturated rings. The molecule has 0 aromatic heterocycles. The highest BCUT2D eigenvalue weighted by Crippen LogP contribution is 2.20. The Labute approximate surface area is 93.6 Å². The Kier molecular flexibility index (Phi) is 4.49. The molecule has 0 unspecified atom stereocenters. The van der Waals surface area contributed by atoms with Crippen LogP contribution in [0.3, 0.4) is 0 Å². The maximum Gasteiger partial charge on any atom is 0.164 e. The molecule has 2 aliphatic rings. The number of aliphatic imine (C=N–C) groups is 1. The van der Waals surface area contributed by atoms with Gasteiger partial charge in [0.05, 0.1) is 6.04 Å². The van der Waals surface area contributed by atoms with E-state index in [4.69, 9.17) is 0 Å². The van der Waals surface area contributed by atoms with Crippen molar-refractivity contribution < 1.29 is 0 Å². The van der Waals surface area contributed by atoms with Gasteiger partial charge in [-0.2, -0.15) is 0 Å². The summed E-state index contributed by atoms with van der Waals surface area (Å²) in [6.07, 6.45) is 16.6. The van der Waals surface area contributed by atoms with E-state index < -0.39 is 0 Å². The largest absolute Gasteiger partial charge is 0.365 e. The second-order valence-corrected chi connectivity index (χ2v) is 5.01. The molecule has 0 spiro atoms. The van der Waals surface area contributed by atoms with Crippen LogP contribution in [0.2, 0.25) is 0 Å². The number of nitrogens with zero attached hydrogens (tertiary/aromatic N) is 1. The van der Waals surface area contributed by atoms with Gasteiger partial charge >= 0.3 is 0 Å². The monoisotopic (exact) mass is 207 g/mol. The smallest absolute Gasteiger partial charge is 0.164 e. The Morgan fingerprint density at radius 3 is 2.07 bits per heavy atom. The maximum absolute atomic E-state index is 4.52. The third-order valence-corrected chi connectivity index (χ3v) is 3.70. The second-order valence-electron chi connectivity index (χ2n) is 5.01. The molecule has 0 aliphatic heterocycles. The first kappa shape index (κ1) is 11.0. The second kappa shape index (κ2) is 6.14. The van der Waals surface area contributed by atoms with Gasteiger partial charge in [0, 0.05) is 6.04 Å². The molecular formula is C13H23N2. The average Bonchev–Trinajstić information content (AvgIpc) is 2.32. The van der Waals surface area contributed by atoms with Crippen molar-refractivity contribution in [2.24, 2.45) is 4.99 Å². The van der Waals surface area contributed by atoms with Crippen LogP contribution in [0.4, 0.5) is 0 Å². The van der Waals surface area contributed by atoms with E-state index in [0.717, 1.165) is 0 Å². The van der Waals surface area contributed by atoms with Gasteiger partial charge in [-0.1, -0.05) is 38.5 Å². The standard InChI is InChI=1S/C13H23N2/c1-3-7-12(8-4-1)14-11-15-13-9-5-2-6-10-13/h12-13H,1-10H2,(H,14,15). The number of hydrogen-bond acceptors (Lipinski definition) is 1. The van der Waals surface area contributed by atoms with Crippen LogP contribution in [0.15, 0.2) is 4.99 Å². The molecule has 2 saturated carbocycles. The van der Waals surface area contributed by atoms with Crippen LogP contribution in [0.25, 0.3) is 0 Å².